The Morgan fingerprint density at radius 3 is 2.77 bits per heavy atom. The Hall–Kier alpha value is -1.81. The van der Waals surface area contributed by atoms with Crippen molar-refractivity contribution in [3.8, 4) is 0 Å². The highest BCUT2D eigenvalue weighted by Crippen LogP contribution is 2.25. The highest BCUT2D eigenvalue weighted by Gasteiger charge is 2.18. The third kappa shape index (κ3) is 5.90. The maximum absolute atomic E-state index is 12.4. The lowest BCUT2D eigenvalue weighted by molar-refractivity contribution is -0.116. The van der Waals surface area contributed by atoms with Crippen LogP contribution in [0.2, 0.25) is 0 Å². The van der Waals surface area contributed by atoms with Crippen molar-refractivity contribution in [1.29, 1.82) is 0 Å². The van der Waals surface area contributed by atoms with E-state index in [1.54, 1.807) is 6.26 Å². The summed E-state index contributed by atoms with van der Waals surface area (Å²) < 4.78 is 10.8. The van der Waals surface area contributed by atoms with Crippen LogP contribution in [0.4, 0.5) is 0 Å². The van der Waals surface area contributed by atoms with Crippen LogP contribution < -0.4 is 5.73 Å². The van der Waals surface area contributed by atoms with E-state index in [1.807, 2.05) is 38.1 Å². The van der Waals surface area contributed by atoms with Gasteiger partial charge in [-0.25, -0.2) is 0 Å². The van der Waals surface area contributed by atoms with Gasteiger partial charge in [0.05, 0.1) is 12.4 Å². The number of carbonyl (C=O) groups is 1. The fourth-order valence-electron chi connectivity index (χ4n) is 2.30. The molecule has 0 fully saturated rings. The van der Waals surface area contributed by atoms with Crippen LogP contribution in [0.15, 0.2) is 46.7 Å². The maximum Gasteiger partial charge on any atom is 0.161 e. The van der Waals surface area contributed by atoms with Crippen molar-refractivity contribution in [3.05, 3.63) is 48.1 Å². The predicted octanol–water partition coefficient (Wildman–Crippen LogP) is 3.95. The van der Waals surface area contributed by atoms with E-state index in [-0.39, 0.29) is 17.8 Å². The summed E-state index contributed by atoms with van der Waals surface area (Å²) in [6.45, 7) is 6.65. The van der Waals surface area contributed by atoms with Crippen molar-refractivity contribution < 1.29 is 13.9 Å². The Bertz CT molecular complexity index is 488. The average molecular weight is 305 g/mol. The van der Waals surface area contributed by atoms with E-state index in [0.717, 1.165) is 12.2 Å². The molecule has 0 spiro atoms. The molecule has 0 amide bonds. The minimum Gasteiger partial charge on any atom is -0.469 e. The Morgan fingerprint density at radius 2 is 2.23 bits per heavy atom. The normalized spacial score (nSPS) is 15.1. The molecule has 122 valence electrons. The second kappa shape index (κ2) is 10.0. The number of furan rings is 1. The zero-order chi connectivity index (χ0) is 16.4. The van der Waals surface area contributed by atoms with Crippen molar-refractivity contribution in [2.75, 3.05) is 6.61 Å². The molecule has 0 aromatic carbocycles. The molecule has 4 nitrogen and oxygen atoms in total. The molecule has 2 atom stereocenters. The van der Waals surface area contributed by atoms with Crippen LogP contribution in [0, 0.1) is 0 Å². The summed E-state index contributed by atoms with van der Waals surface area (Å²) in [5.41, 5.74) is 6.24. The van der Waals surface area contributed by atoms with Gasteiger partial charge in [0.25, 0.3) is 0 Å². The number of Topliss-reactive ketones (excluding diaryl/α,β-unsaturated/α-hetero) is 1. The quantitative estimate of drug-likeness (QED) is 0.525. The van der Waals surface area contributed by atoms with Crippen LogP contribution >= 0.6 is 0 Å². The summed E-state index contributed by atoms with van der Waals surface area (Å²) in [5, 5.41) is 0. The zero-order valence-electron chi connectivity index (χ0n) is 13.7. The van der Waals surface area contributed by atoms with E-state index >= 15 is 0 Å². The molecule has 0 bridgehead atoms. The summed E-state index contributed by atoms with van der Waals surface area (Å²) in [6, 6.07) is 3.76. The molecular weight excluding hydrogens is 278 g/mol. The number of rotatable bonds is 10. The molecule has 4 heteroatoms. The Morgan fingerprint density at radius 1 is 1.45 bits per heavy atom. The van der Waals surface area contributed by atoms with Gasteiger partial charge in [0, 0.05) is 30.7 Å². The third-order valence-corrected chi connectivity index (χ3v) is 3.60. The summed E-state index contributed by atoms with van der Waals surface area (Å²) in [6.07, 6.45) is 8.78. The molecule has 0 saturated carbocycles. The van der Waals surface area contributed by atoms with E-state index < -0.39 is 0 Å². The van der Waals surface area contributed by atoms with E-state index in [2.05, 4.69) is 6.92 Å². The average Bonchev–Trinajstić information content (AvgIpc) is 3.03. The number of allylic oxidation sites excluding steroid dienone is 2. The summed E-state index contributed by atoms with van der Waals surface area (Å²) >= 11 is 0. The second-order valence-corrected chi connectivity index (χ2v) is 5.23. The third-order valence-electron chi connectivity index (χ3n) is 3.60. The van der Waals surface area contributed by atoms with Crippen molar-refractivity contribution in [2.24, 2.45) is 5.73 Å². The number of hydrogen-bond acceptors (Lipinski definition) is 4. The van der Waals surface area contributed by atoms with Gasteiger partial charge in [-0.2, -0.15) is 0 Å². The molecule has 0 aliphatic carbocycles. The topological polar surface area (TPSA) is 65.5 Å². The van der Waals surface area contributed by atoms with Crippen LogP contribution in [0.1, 0.15) is 51.7 Å². The first kappa shape index (κ1) is 18.2. The summed E-state index contributed by atoms with van der Waals surface area (Å²) in [4.78, 5) is 12.4. The van der Waals surface area contributed by atoms with Crippen LogP contribution in [0.25, 0.3) is 0 Å². The number of ether oxygens (including phenoxy) is 1. The van der Waals surface area contributed by atoms with Gasteiger partial charge in [-0.15, -0.1) is 0 Å². The first-order valence-corrected chi connectivity index (χ1v) is 7.87. The summed E-state index contributed by atoms with van der Waals surface area (Å²) in [7, 11) is 0. The molecule has 1 aromatic heterocycles. The lowest BCUT2D eigenvalue weighted by Crippen LogP contribution is -2.10. The number of nitrogens with two attached hydrogens (primary N) is 1. The predicted molar refractivity (Wildman–Crippen MR) is 88.5 cm³/mol. The monoisotopic (exact) mass is 305 g/mol. The van der Waals surface area contributed by atoms with Gasteiger partial charge in [0.15, 0.2) is 5.78 Å². The van der Waals surface area contributed by atoms with Gasteiger partial charge in [-0.3, -0.25) is 4.79 Å². The molecule has 2 N–H and O–H groups in total. The Kier molecular flexibility index (Phi) is 8.30. The Labute approximate surface area is 133 Å². The van der Waals surface area contributed by atoms with Gasteiger partial charge < -0.3 is 14.9 Å². The van der Waals surface area contributed by atoms with Crippen LogP contribution in [0.3, 0.4) is 0 Å². The molecule has 0 radical (unpaired) electrons. The van der Waals surface area contributed by atoms with Gasteiger partial charge in [0.2, 0.25) is 0 Å². The fraction of sp³-hybridized carbons (Fsp3) is 0.500. The Balaban J connectivity index is 2.57. The lowest BCUT2D eigenvalue weighted by atomic mass is 9.93. The fourth-order valence-corrected chi connectivity index (χ4v) is 2.30. The molecule has 0 aliphatic heterocycles. The van der Waals surface area contributed by atoms with Crippen LogP contribution in [0.5, 0.6) is 0 Å². The van der Waals surface area contributed by atoms with Crippen molar-refractivity contribution in [1.82, 2.24) is 0 Å². The molecule has 0 saturated heterocycles. The van der Waals surface area contributed by atoms with Crippen molar-refractivity contribution in [2.45, 2.75) is 52.1 Å². The largest absolute Gasteiger partial charge is 0.469 e. The van der Waals surface area contributed by atoms with E-state index in [1.165, 1.54) is 6.20 Å². The van der Waals surface area contributed by atoms with Gasteiger partial charge >= 0.3 is 0 Å². The molecule has 1 rings (SSSR count). The first-order chi connectivity index (χ1) is 10.6. The minimum absolute atomic E-state index is 0.0469. The molecule has 2 unspecified atom stereocenters. The lowest BCUT2D eigenvalue weighted by Gasteiger charge is -2.12. The summed E-state index contributed by atoms with van der Waals surface area (Å²) in [5.74, 6) is 1.02. The maximum atomic E-state index is 12.4. The van der Waals surface area contributed by atoms with E-state index in [9.17, 15) is 4.79 Å². The van der Waals surface area contributed by atoms with Crippen molar-refractivity contribution in [3.63, 3.8) is 0 Å². The van der Waals surface area contributed by atoms with Crippen molar-refractivity contribution >= 4 is 5.78 Å². The minimum atomic E-state index is 0.0469. The molecule has 22 heavy (non-hydrogen) atoms. The smallest absolute Gasteiger partial charge is 0.161 e. The van der Waals surface area contributed by atoms with Crippen LogP contribution in [-0.4, -0.2) is 18.5 Å². The zero-order valence-corrected chi connectivity index (χ0v) is 13.7. The van der Waals surface area contributed by atoms with Crippen LogP contribution in [-0.2, 0) is 9.53 Å². The van der Waals surface area contributed by atoms with E-state index in [0.29, 0.717) is 25.0 Å². The van der Waals surface area contributed by atoms with Gasteiger partial charge in [-0.05, 0) is 38.8 Å². The van der Waals surface area contributed by atoms with Gasteiger partial charge in [-0.1, -0.05) is 19.1 Å². The number of hydrogen-bond donors (Lipinski definition) is 1. The molecule has 0 aliphatic rings. The SMILES string of the molecule is CCOC(C)/C=C\C/C(=C\N)C(=O)CC(CC)c1ccco1. The highest BCUT2D eigenvalue weighted by atomic mass is 16.5. The number of ketones is 1. The standard InChI is InChI=1S/C18H27NO3/c1-4-15(18-10-7-11-22-18)12-17(20)16(13-19)9-6-8-14(3)21-5-2/h6-8,10-11,13-15H,4-5,9,12,19H2,1-3H3/b8-6-,16-13+. The molecule has 1 aromatic rings. The second-order valence-electron chi connectivity index (χ2n) is 5.23. The van der Waals surface area contributed by atoms with E-state index in [4.69, 9.17) is 14.9 Å². The number of carbonyl (C=O) groups excluding carboxylic acids is 1. The molecular formula is C18H27NO3. The first-order valence-electron chi connectivity index (χ1n) is 7.87. The molecule has 1 heterocycles. The highest BCUT2D eigenvalue weighted by molar-refractivity contribution is 5.95. The van der Waals surface area contributed by atoms with Gasteiger partial charge in [0.1, 0.15) is 5.76 Å².